The van der Waals surface area contributed by atoms with Crippen molar-refractivity contribution in [3.8, 4) is 0 Å². The van der Waals surface area contributed by atoms with E-state index in [4.69, 9.17) is 4.98 Å². The molecular formula is C23H30N4O2. The van der Waals surface area contributed by atoms with Gasteiger partial charge in [-0.15, -0.1) is 0 Å². The standard InChI is InChI=1S/C23H30N4O2/c1-15(2)26-12-10-19-18(14-26)23(29)25-22(24-19)20-5-4-11-27(20)21(28)13-17-8-6-16(3)7-9-17/h6-9,15,20H,4-5,10-14H2,1-3H3,(H,24,25,29). The van der Waals surface area contributed by atoms with Crippen molar-refractivity contribution >= 4 is 5.91 Å². The number of aromatic nitrogens is 2. The molecule has 1 N–H and O–H groups in total. The number of fused-ring (bicyclic) bond motifs is 1. The van der Waals surface area contributed by atoms with Gasteiger partial charge in [0.2, 0.25) is 5.91 Å². The van der Waals surface area contributed by atoms with E-state index in [1.54, 1.807) is 0 Å². The van der Waals surface area contributed by atoms with Gasteiger partial charge in [-0.3, -0.25) is 14.5 Å². The minimum absolute atomic E-state index is 0.0480. The Labute approximate surface area is 172 Å². The highest BCUT2D eigenvalue weighted by molar-refractivity contribution is 5.79. The third kappa shape index (κ3) is 4.13. The summed E-state index contributed by atoms with van der Waals surface area (Å²) in [6.07, 6.45) is 2.95. The van der Waals surface area contributed by atoms with Gasteiger partial charge < -0.3 is 9.88 Å². The number of rotatable bonds is 4. The summed E-state index contributed by atoms with van der Waals surface area (Å²) in [5.41, 5.74) is 3.84. The topological polar surface area (TPSA) is 69.3 Å². The molecule has 154 valence electrons. The van der Waals surface area contributed by atoms with Gasteiger partial charge in [0, 0.05) is 32.1 Å². The second-order valence-electron chi connectivity index (χ2n) is 8.60. The van der Waals surface area contributed by atoms with Crippen LogP contribution in [0.15, 0.2) is 29.1 Å². The highest BCUT2D eigenvalue weighted by Crippen LogP contribution is 2.31. The lowest BCUT2D eigenvalue weighted by Crippen LogP contribution is -2.40. The molecule has 1 atom stereocenters. The van der Waals surface area contributed by atoms with Crippen LogP contribution in [0.4, 0.5) is 0 Å². The fourth-order valence-corrected chi connectivity index (χ4v) is 4.40. The molecule has 0 saturated carbocycles. The Kier molecular flexibility index (Phi) is 5.54. The summed E-state index contributed by atoms with van der Waals surface area (Å²) in [6, 6.07) is 8.37. The number of benzene rings is 1. The van der Waals surface area contributed by atoms with Crippen LogP contribution in [0, 0.1) is 6.92 Å². The van der Waals surface area contributed by atoms with Crippen LogP contribution in [-0.2, 0) is 24.2 Å². The monoisotopic (exact) mass is 394 g/mol. The van der Waals surface area contributed by atoms with E-state index in [1.165, 1.54) is 5.56 Å². The quantitative estimate of drug-likeness (QED) is 0.866. The van der Waals surface area contributed by atoms with E-state index in [0.29, 0.717) is 24.8 Å². The van der Waals surface area contributed by atoms with Crippen molar-refractivity contribution in [3.63, 3.8) is 0 Å². The van der Waals surface area contributed by atoms with Crippen LogP contribution >= 0.6 is 0 Å². The molecule has 0 radical (unpaired) electrons. The molecule has 2 aromatic rings. The van der Waals surface area contributed by atoms with Crippen LogP contribution < -0.4 is 5.56 Å². The number of likely N-dealkylation sites (tertiary alicyclic amines) is 1. The number of aromatic amines is 1. The molecule has 6 heteroatoms. The number of hydrogen-bond donors (Lipinski definition) is 1. The average Bonchev–Trinajstić information content (AvgIpc) is 3.19. The third-order valence-corrected chi connectivity index (χ3v) is 6.21. The molecule has 1 aromatic carbocycles. The number of amides is 1. The summed E-state index contributed by atoms with van der Waals surface area (Å²) in [4.78, 5) is 37.8. The molecule has 0 bridgehead atoms. The molecular weight excluding hydrogens is 364 g/mol. The number of H-pyrrole nitrogens is 1. The van der Waals surface area contributed by atoms with Gasteiger partial charge in [-0.25, -0.2) is 4.98 Å². The lowest BCUT2D eigenvalue weighted by atomic mass is 10.0. The fraction of sp³-hybridized carbons (Fsp3) is 0.522. The van der Waals surface area contributed by atoms with Crippen LogP contribution in [0.3, 0.4) is 0 Å². The Morgan fingerprint density at radius 3 is 2.72 bits per heavy atom. The highest BCUT2D eigenvalue weighted by atomic mass is 16.2. The number of nitrogens with zero attached hydrogens (tertiary/aromatic N) is 3. The Morgan fingerprint density at radius 2 is 2.00 bits per heavy atom. The van der Waals surface area contributed by atoms with E-state index in [9.17, 15) is 9.59 Å². The molecule has 6 nitrogen and oxygen atoms in total. The normalized spacial score (nSPS) is 19.6. The van der Waals surface area contributed by atoms with Gasteiger partial charge in [-0.1, -0.05) is 29.8 Å². The van der Waals surface area contributed by atoms with Crippen molar-refractivity contribution in [1.82, 2.24) is 19.8 Å². The van der Waals surface area contributed by atoms with E-state index in [2.05, 4.69) is 23.7 Å². The zero-order valence-electron chi connectivity index (χ0n) is 17.6. The molecule has 1 aromatic heterocycles. The Hall–Kier alpha value is -2.47. The minimum Gasteiger partial charge on any atom is -0.332 e. The number of carbonyl (C=O) groups is 1. The van der Waals surface area contributed by atoms with Gasteiger partial charge in [0.1, 0.15) is 5.82 Å². The minimum atomic E-state index is -0.130. The van der Waals surface area contributed by atoms with E-state index < -0.39 is 0 Å². The molecule has 1 unspecified atom stereocenters. The molecule has 0 spiro atoms. The van der Waals surface area contributed by atoms with Crippen molar-refractivity contribution in [2.45, 2.75) is 65.1 Å². The van der Waals surface area contributed by atoms with Crippen molar-refractivity contribution in [2.24, 2.45) is 0 Å². The molecule has 2 aliphatic heterocycles. The average molecular weight is 395 g/mol. The molecule has 1 amide bonds. The first-order valence-electron chi connectivity index (χ1n) is 10.6. The second kappa shape index (κ2) is 8.11. The van der Waals surface area contributed by atoms with E-state index >= 15 is 0 Å². The lowest BCUT2D eigenvalue weighted by Gasteiger charge is -2.31. The number of nitrogens with one attached hydrogen (secondary N) is 1. The zero-order valence-corrected chi connectivity index (χ0v) is 17.6. The SMILES string of the molecule is Cc1ccc(CC(=O)N2CCCC2c2nc3c(c(=O)[nH]2)CN(C(C)C)CC3)cc1. The molecule has 1 fully saturated rings. The van der Waals surface area contributed by atoms with Crippen LogP contribution in [0.25, 0.3) is 0 Å². The number of carbonyl (C=O) groups excluding carboxylic acids is 1. The lowest BCUT2D eigenvalue weighted by molar-refractivity contribution is -0.131. The summed E-state index contributed by atoms with van der Waals surface area (Å²) < 4.78 is 0. The first-order chi connectivity index (χ1) is 13.9. The molecule has 29 heavy (non-hydrogen) atoms. The maximum absolute atomic E-state index is 13.0. The Morgan fingerprint density at radius 1 is 1.24 bits per heavy atom. The van der Waals surface area contributed by atoms with E-state index in [0.717, 1.165) is 49.2 Å². The van der Waals surface area contributed by atoms with Gasteiger partial charge in [0.25, 0.3) is 5.56 Å². The van der Waals surface area contributed by atoms with Gasteiger partial charge >= 0.3 is 0 Å². The summed E-state index contributed by atoms with van der Waals surface area (Å²) in [6.45, 7) is 8.63. The molecule has 4 rings (SSSR count). The van der Waals surface area contributed by atoms with Crippen LogP contribution in [0.5, 0.6) is 0 Å². The highest BCUT2D eigenvalue weighted by Gasteiger charge is 2.33. The summed E-state index contributed by atoms with van der Waals surface area (Å²) in [5.74, 6) is 0.754. The second-order valence-corrected chi connectivity index (χ2v) is 8.60. The molecule has 1 saturated heterocycles. The Balaban J connectivity index is 1.54. The van der Waals surface area contributed by atoms with Crippen LogP contribution in [0.1, 0.15) is 60.9 Å². The summed E-state index contributed by atoms with van der Waals surface area (Å²) in [5, 5.41) is 0. The van der Waals surface area contributed by atoms with E-state index in [-0.39, 0.29) is 17.5 Å². The molecule has 3 heterocycles. The van der Waals surface area contributed by atoms with Crippen LogP contribution in [0.2, 0.25) is 0 Å². The van der Waals surface area contributed by atoms with Gasteiger partial charge in [0.05, 0.1) is 23.7 Å². The fourth-order valence-electron chi connectivity index (χ4n) is 4.40. The number of hydrogen-bond acceptors (Lipinski definition) is 4. The first-order valence-corrected chi connectivity index (χ1v) is 10.6. The van der Waals surface area contributed by atoms with Crippen molar-refractivity contribution < 1.29 is 4.79 Å². The van der Waals surface area contributed by atoms with Gasteiger partial charge in [-0.2, -0.15) is 0 Å². The third-order valence-electron chi connectivity index (χ3n) is 6.21. The largest absolute Gasteiger partial charge is 0.332 e. The van der Waals surface area contributed by atoms with Crippen molar-refractivity contribution in [3.05, 3.63) is 62.8 Å². The maximum Gasteiger partial charge on any atom is 0.255 e. The smallest absolute Gasteiger partial charge is 0.255 e. The summed E-state index contributed by atoms with van der Waals surface area (Å²) in [7, 11) is 0. The van der Waals surface area contributed by atoms with Crippen molar-refractivity contribution in [1.29, 1.82) is 0 Å². The maximum atomic E-state index is 13.0. The van der Waals surface area contributed by atoms with Crippen LogP contribution in [-0.4, -0.2) is 44.8 Å². The zero-order chi connectivity index (χ0) is 20.5. The predicted octanol–water partition coefficient (Wildman–Crippen LogP) is 2.75. The predicted molar refractivity (Wildman–Crippen MR) is 113 cm³/mol. The molecule has 2 aliphatic rings. The Bertz CT molecular complexity index is 948. The van der Waals surface area contributed by atoms with E-state index in [1.807, 2.05) is 36.1 Å². The van der Waals surface area contributed by atoms with Crippen molar-refractivity contribution in [2.75, 3.05) is 13.1 Å². The van der Waals surface area contributed by atoms with Gasteiger partial charge in [-0.05, 0) is 39.2 Å². The first kappa shape index (κ1) is 19.8. The summed E-state index contributed by atoms with van der Waals surface area (Å²) >= 11 is 0. The number of aryl methyl sites for hydroxylation is 1. The van der Waals surface area contributed by atoms with Gasteiger partial charge in [0.15, 0.2) is 0 Å². The molecule has 0 aliphatic carbocycles.